The molecule has 0 N–H and O–H groups in total. The fourth-order valence-corrected chi connectivity index (χ4v) is 7.41. The molecule has 1 saturated carbocycles. The molecule has 1 atom stereocenters. The number of nitrogens with zero attached hydrogens (tertiary/aromatic N) is 5. The van der Waals surface area contributed by atoms with Crippen LogP contribution in [0.1, 0.15) is 80.5 Å². The predicted molar refractivity (Wildman–Crippen MR) is 125 cm³/mol. The maximum Gasteiger partial charge on any atom is 0.233 e. The summed E-state index contributed by atoms with van der Waals surface area (Å²) in [5, 5.41) is 11.3. The number of likely N-dealkylation sites (tertiary alicyclic amines) is 1. The number of amides is 1. The number of fused-ring (bicyclic) bond motifs is 5. The van der Waals surface area contributed by atoms with Gasteiger partial charge in [0.25, 0.3) is 0 Å². The van der Waals surface area contributed by atoms with Crippen molar-refractivity contribution in [1.82, 2.24) is 24.5 Å². The summed E-state index contributed by atoms with van der Waals surface area (Å²) in [6.07, 6.45) is 11.7. The van der Waals surface area contributed by atoms with E-state index in [0.717, 1.165) is 53.7 Å². The Bertz CT molecular complexity index is 1150. The van der Waals surface area contributed by atoms with Crippen molar-refractivity contribution in [3.05, 3.63) is 16.3 Å². The first-order valence-electron chi connectivity index (χ1n) is 11.9. The van der Waals surface area contributed by atoms with Crippen LogP contribution in [0, 0.1) is 0 Å². The van der Waals surface area contributed by atoms with Gasteiger partial charge < -0.3 is 4.90 Å². The van der Waals surface area contributed by atoms with Gasteiger partial charge in [-0.15, -0.1) is 21.5 Å². The molecule has 1 amide bonds. The van der Waals surface area contributed by atoms with Gasteiger partial charge in [-0.05, 0) is 69.8 Å². The first-order chi connectivity index (χ1) is 15.2. The lowest BCUT2D eigenvalue weighted by Gasteiger charge is -2.35. The van der Waals surface area contributed by atoms with E-state index in [4.69, 9.17) is 4.98 Å². The van der Waals surface area contributed by atoms with Crippen LogP contribution in [0.25, 0.3) is 15.9 Å². The lowest BCUT2D eigenvalue weighted by atomic mass is 9.97. The SMILES string of the molecule is CC[C@@H]1CCCCN1C(=O)CSc1nnc2c3c4c(sc3nc(C3CC3)n12)CCCC4. The number of hydrogen-bond donors (Lipinski definition) is 0. The number of thiophene rings is 1. The van der Waals surface area contributed by atoms with Crippen molar-refractivity contribution in [2.75, 3.05) is 12.3 Å². The zero-order chi connectivity index (χ0) is 20.9. The Balaban J connectivity index is 1.35. The Hall–Kier alpha value is -1.67. The maximum absolute atomic E-state index is 13.0. The summed E-state index contributed by atoms with van der Waals surface area (Å²) in [5.74, 6) is 2.28. The van der Waals surface area contributed by atoms with Gasteiger partial charge in [0.15, 0.2) is 10.8 Å². The standard InChI is InChI=1S/C23H29N5OS2/c1-2-15-7-5-6-12-27(15)18(29)13-30-23-26-25-21-19-16-8-3-4-9-17(16)31-22(19)24-20(28(21)23)14-10-11-14/h14-15H,2-13H2,1H3/t15-/m1/s1. The van der Waals surface area contributed by atoms with Crippen LogP contribution in [0.2, 0.25) is 0 Å². The normalized spacial score (nSPS) is 21.7. The molecule has 0 radical (unpaired) electrons. The maximum atomic E-state index is 13.0. The number of carbonyl (C=O) groups excluding carboxylic acids is 1. The minimum Gasteiger partial charge on any atom is -0.339 e. The fourth-order valence-electron chi connectivity index (χ4n) is 5.32. The third kappa shape index (κ3) is 3.46. The lowest BCUT2D eigenvalue weighted by Crippen LogP contribution is -2.44. The summed E-state index contributed by atoms with van der Waals surface area (Å²) in [6.45, 7) is 3.09. The van der Waals surface area contributed by atoms with Crippen molar-refractivity contribution in [3.8, 4) is 0 Å². The number of rotatable bonds is 5. The molecule has 2 aliphatic carbocycles. The summed E-state index contributed by atoms with van der Waals surface area (Å²) >= 11 is 3.40. The van der Waals surface area contributed by atoms with Crippen molar-refractivity contribution in [3.63, 3.8) is 0 Å². The van der Waals surface area contributed by atoms with E-state index in [9.17, 15) is 4.79 Å². The highest BCUT2D eigenvalue weighted by molar-refractivity contribution is 7.99. The largest absolute Gasteiger partial charge is 0.339 e. The van der Waals surface area contributed by atoms with E-state index >= 15 is 0 Å². The Labute approximate surface area is 190 Å². The second-order valence-electron chi connectivity index (χ2n) is 9.21. The molecule has 0 spiro atoms. The third-order valence-corrected chi connectivity index (χ3v) is 9.24. The van der Waals surface area contributed by atoms with E-state index in [1.165, 1.54) is 54.4 Å². The molecule has 0 bridgehead atoms. The lowest BCUT2D eigenvalue weighted by molar-refractivity contribution is -0.132. The summed E-state index contributed by atoms with van der Waals surface area (Å²) in [6, 6.07) is 0.401. The first kappa shape index (κ1) is 20.0. The molecule has 6 nitrogen and oxygen atoms in total. The zero-order valence-corrected chi connectivity index (χ0v) is 19.7. The van der Waals surface area contributed by atoms with E-state index in [-0.39, 0.29) is 5.91 Å². The molecule has 6 rings (SSSR count). The number of aryl methyl sites for hydroxylation is 2. The average molecular weight is 456 g/mol. The van der Waals surface area contributed by atoms with E-state index in [1.807, 2.05) is 11.3 Å². The molecule has 1 saturated heterocycles. The third-order valence-electron chi connectivity index (χ3n) is 7.14. The second-order valence-corrected chi connectivity index (χ2v) is 11.2. The summed E-state index contributed by atoms with van der Waals surface area (Å²) in [4.78, 5) is 22.9. The van der Waals surface area contributed by atoms with Crippen molar-refractivity contribution in [2.45, 2.75) is 88.2 Å². The predicted octanol–water partition coefficient (Wildman–Crippen LogP) is 4.98. The van der Waals surface area contributed by atoms with Crippen molar-refractivity contribution in [2.24, 2.45) is 0 Å². The number of hydrogen-bond acceptors (Lipinski definition) is 6. The molecule has 0 unspecified atom stereocenters. The van der Waals surface area contributed by atoms with Crippen LogP contribution in [0.5, 0.6) is 0 Å². The molecule has 3 aromatic rings. The molecule has 8 heteroatoms. The van der Waals surface area contributed by atoms with Crippen molar-refractivity contribution < 1.29 is 4.79 Å². The minimum atomic E-state index is 0.239. The highest BCUT2D eigenvalue weighted by Gasteiger charge is 2.32. The topological polar surface area (TPSA) is 63.4 Å². The molecular formula is C23H29N5OS2. The fraction of sp³-hybridized carbons (Fsp3) is 0.652. The van der Waals surface area contributed by atoms with Crippen LogP contribution < -0.4 is 0 Å². The van der Waals surface area contributed by atoms with Gasteiger partial charge in [0, 0.05) is 23.4 Å². The Morgan fingerprint density at radius 1 is 1.13 bits per heavy atom. The number of thioether (sulfide) groups is 1. The quantitative estimate of drug-likeness (QED) is 0.508. The smallest absolute Gasteiger partial charge is 0.233 e. The van der Waals surface area contributed by atoms with Crippen LogP contribution in [0.3, 0.4) is 0 Å². The van der Waals surface area contributed by atoms with Crippen molar-refractivity contribution >= 4 is 44.9 Å². The van der Waals surface area contributed by atoms with Gasteiger partial charge in [-0.1, -0.05) is 18.7 Å². The van der Waals surface area contributed by atoms with Crippen LogP contribution in [-0.2, 0) is 17.6 Å². The molecule has 1 aliphatic heterocycles. The Morgan fingerprint density at radius 2 is 2.00 bits per heavy atom. The van der Waals surface area contributed by atoms with E-state index in [2.05, 4.69) is 26.4 Å². The highest BCUT2D eigenvalue weighted by Crippen LogP contribution is 2.44. The molecule has 31 heavy (non-hydrogen) atoms. The summed E-state index contributed by atoms with van der Waals surface area (Å²) in [5.41, 5.74) is 2.41. The van der Waals surface area contributed by atoms with Gasteiger partial charge in [-0.3, -0.25) is 9.20 Å². The number of piperidine rings is 1. The van der Waals surface area contributed by atoms with Gasteiger partial charge in [0.2, 0.25) is 5.91 Å². The van der Waals surface area contributed by atoms with Gasteiger partial charge >= 0.3 is 0 Å². The van der Waals surface area contributed by atoms with Crippen LogP contribution in [0.15, 0.2) is 5.16 Å². The Kier molecular flexibility index (Phi) is 5.17. The van der Waals surface area contributed by atoms with Gasteiger partial charge in [-0.25, -0.2) is 4.98 Å². The Morgan fingerprint density at radius 3 is 2.84 bits per heavy atom. The minimum absolute atomic E-state index is 0.239. The van der Waals surface area contributed by atoms with Crippen LogP contribution in [0.4, 0.5) is 0 Å². The van der Waals surface area contributed by atoms with Crippen molar-refractivity contribution in [1.29, 1.82) is 0 Å². The second kappa shape index (κ2) is 8.03. The van der Waals surface area contributed by atoms with E-state index < -0.39 is 0 Å². The van der Waals surface area contributed by atoms with E-state index in [1.54, 1.807) is 11.8 Å². The van der Waals surface area contributed by atoms with Crippen LogP contribution >= 0.6 is 23.1 Å². The molecule has 3 aromatic heterocycles. The zero-order valence-electron chi connectivity index (χ0n) is 18.1. The number of aromatic nitrogens is 4. The monoisotopic (exact) mass is 455 g/mol. The highest BCUT2D eigenvalue weighted by atomic mass is 32.2. The number of carbonyl (C=O) groups is 1. The van der Waals surface area contributed by atoms with Gasteiger partial charge in [0.05, 0.1) is 11.1 Å². The molecule has 0 aromatic carbocycles. The summed E-state index contributed by atoms with van der Waals surface area (Å²) in [7, 11) is 0. The van der Waals surface area contributed by atoms with E-state index in [0.29, 0.717) is 17.7 Å². The molecule has 2 fully saturated rings. The van der Waals surface area contributed by atoms with Crippen LogP contribution in [-0.4, -0.2) is 48.7 Å². The molecule has 164 valence electrons. The first-order valence-corrected chi connectivity index (χ1v) is 13.7. The molecular weight excluding hydrogens is 426 g/mol. The average Bonchev–Trinajstić information content (AvgIpc) is 3.46. The molecule has 3 aliphatic rings. The molecule has 4 heterocycles. The van der Waals surface area contributed by atoms with Gasteiger partial charge in [-0.2, -0.15) is 0 Å². The summed E-state index contributed by atoms with van der Waals surface area (Å²) < 4.78 is 2.19. The van der Waals surface area contributed by atoms with Gasteiger partial charge in [0.1, 0.15) is 10.7 Å².